The van der Waals surface area contributed by atoms with Gasteiger partial charge in [0.05, 0.1) is 41.9 Å². The van der Waals surface area contributed by atoms with E-state index in [0.717, 1.165) is 5.52 Å². The second-order valence-corrected chi connectivity index (χ2v) is 4.85. The lowest BCUT2D eigenvalue weighted by Gasteiger charge is -2.09. The highest BCUT2D eigenvalue weighted by atomic mass is 16.5. The minimum absolute atomic E-state index is 0.0282. The molecule has 3 aromatic rings. The molecule has 3 aromatic heterocycles. The van der Waals surface area contributed by atoms with Crippen molar-refractivity contribution in [3.8, 4) is 6.07 Å². The minimum Gasteiger partial charge on any atom is -0.469 e. The fraction of sp³-hybridized carbons (Fsp3) is 0.188. The second-order valence-electron chi connectivity index (χ2n) is 4.85. The van der Waals surface area contributed by atoms with E-state index < -0.39 is 11.9 Å². The summed E-state index contributed by atoms with van der Waals surface area (Å²) in [4.78, 5) is 16.0. The van der Waals surface area contributed by atoms with Crippen molar-refractivity contribution in [1.29, 1.82) is 5.26 Å². The summed E-state index contributed by atoms with van der Waals surface area (Å²) in [6, 6.07) is 9.03. The summed E-state index contributed by atoms with van der Waals surface area (Å²) in [6.07, 6.45) is 7.02. The van der Waals surface area contributed by atoms with Gasteiger partial charge in [-0.25, -0.2) is 9.78 Å². The summed E-state index contributed by atoms with van der Waals surface area (Å²) in [7, 11) is 0. The van der Waals surface area contributed by atoms with Crippen LogP contribution < -0.4 is 0 Å². The van der Waals surface area contributed by atoms with Crippen molar-refractivity contribution < 1.29 is 13.9 Å². The normalized spacial score (nSPS) is 12.0. The van der Waals surface area contributed by atoms with Crippen LogP contribution >= 0.6 is 0 Å². The van der Waals surface area contributed by atoms with Gasteiger partial charge in [0.1, 0.15) is 12.4 Å². The molecule has 0 amide bonds. The van der Waals surface area contributed by atoms with Gasteiger partial charge in [-0.2, -0.15) is 5.26 Å². The smallest absolute Gasteiger partial charge is 0.338 e. The molecule has 0 saturated carbocycles. The third-order valence-electron chi connectivity index (χ3n) is 3.28. The molecule has 0 radical (unpaired) electrons. The Balaban J connectivity index is 1.62. The van der Waals surface area contributed by atoms with E-state index in [1.54, 1.807) is 53.7 Å². The average molecular weight is 295 g/mol. The molecule has 0 aromatic carbocycles. The van der Waals surface area contributed by atoms with Crippen molar-refractivity contribution >= 4 is 11.5 Å². The van der Waals surface area contributed by atoms with Crippen LogP contribution in [-0.2, 0) is 11.2 Å². The van der Waals surface area contributed by atoms with Gasteiger partial charge >= 0.3 is 5.97 Å². The number of hydrogen-bond donors (Lipinski definition) is 0. The summed E-state index contributed by atoms with van der Waals surface area (Å²) in [6.45, 7) is 0.0282. The molecule has 6 heteroatoms. The highest BCUT2D eigenvalue weighted by Gasteiger charge is 2.15. The van der Waals surface area contributed by atoms with E-state index in [4.69, 9.17) is 14.4 Å². The van der Waals surface area contributed by atoms with Crippen LogP contribution in [0.5, 0.6) is 0 Å². The third kappa shape index (κ3) is 2.99. The van der Waals surface area contributed by atoms with Crippen molar-refractivity contribution in [1.82, 2.24) is 9.38 Å². The summed E-state index contributed by atoms with van der Waals surface area (Å²) in [5, 5.41) is 9.13. The highest BCUT2D eigenvalue weighted by Crippen LogP contribution is 2.12. The summed E-state index contributed by atoms with van der Waals surface area (Å²) in [5.41, 5.74) is 1.24. The number of ether oxygens (including phenoxy) is 1. The van der Waals surface area contributed by atoms with Crippen LogP contribution in [0.15, 0.2) is 53.7 Å². The molecule has 0 unspecified atom stereocenters. The van der Waals surface area contributed by atoms with E-state index in [9.17, 15) is 4.79 Å². The number of fused-ring (bicyclic) bond motifs is 1. The maximum atomic E-state index is 12.0. The molecule has 0 aliphatic carbocycles. The predicted octanol–water partition coefficient (Wildman–Crippen LogP) is 2.47. The Bertz CT molecular complexity index is 815. The molecular formula is C16H13N3O3. The Morgan fingerprint density at radius 3 is 3.18 bits per heavy atom. The number of furan rings is 1. The summed E-state index contributed by atoms with van der Waals surface area (Å²) >= 11 is 0. The fourth-order valence-corrected chi connectivity index (χ4v) is 2.12. The fourth-order valence-electron chi connectivity index (χ4n) is 2.12. The molecule has 22 heavy (non-hydrogen) atoms. The maximum Gasteiger partial charge on any atom is 0.338 e. The standard InChI is InChI=1S/C16H13N3O3/c17-8-12(6-15-2-1-5-21-15)10-22-16(20)13-3-4-19-11-18-9-14(19)7-13/h1-5,7,9,11-12H,6,10H2/t12-/m0/s1. The van der Waals surface area contributed by atoms with Gasteiger partial charge in [0.15, 0.2) is 0 Å². The Labute approximate surface area is 126 Å². The van der Waals surface area contributed by atoms with E-state index in [1.165, 1.54) is 0 Å². The molecular weight excluding hydrogens is 282 g/mol. The lowest BCUT2D eigenvalue weighted by molar-refractivity contribution is 0.0465. The van der Waals surface area contributed by atoms with Crippen LogP contribution in [-0.4, -0.2) is 22.0 Å². The zero-order valence-electron chi connectivity index (χ0n) is 11.7. The van der Waals surface area contributed by atoms with E-state index in [-0.39, 0.29) is 6.61 Å². The minimum atomic E-state index is -0.455. The van der Waals surface area contributed by atoms with E-state index in [0.29, 0.717) is 17.7 Å². The molecule has 0 aliphatic heterocycles. The van der Waals surface area contributed by atoms with Crippen molar-refractivity contribution in [2.45, 2.75) is 6.42 Å². The third-order valence-corrected chi connectivity index (χ3v) is 3.28. The van der Waals surface area contributed by atoms with Gasteiger partial charge in [-0.1, -0.05) is 0 Å². The largest absolute Gasteiger partial charge is 0.469 e. The van der Waals surface area contributed by atoms with E-state index in [1.807, 2.05) is 0 Å². The van der Waals surface area contributed by atoms with Gasteiger partial charge in [-0.05, 0) is 24.3 Å². The molecule has 0 N–H and O–H groups in total. The molecule has 3 heterocycles. The molecule has 0 saturated heterocycles. The second kappa shape index (κ2) is 6.14. The SMILES string of the molecule is N#C[C@@H](COC(=O)c1ccn2cncc2c1)Cc1ccco1. The van der Waals surface area contributed by atoms with Crippen molar-refractivity contribution in [2.75, 3.05) is 6.61 Å². The lowest BCUT2D eigenvalue weighted by Crippen LogP contribution is -2.15. The van der Waals surface area contributed by atoms with Crippen LogP contribution in [0.4, 0.5) is 0 Å². The molecule has 0 spiro atoms. The Hall–Kier alpha value is -3.07. The topological polar surface area (TPSA) is 80.5 Å². The zero-order valence-corrected chi connectivity index (χ0v) is 11.7. The van der Waals surface area contributed by atoms with Gasteiger partial charge in [0.25, 0.3) is 0 Å². The molecule has 1 atom stereocenters. The van der Waals surface area contributed by atoms with Crippen LogP contribution in [0, 0.1) is 17.2 Å². The molecule has 0 aliphatic rings. The maximum absolute atomic E-state index is 12.0. The number of nitriles is 1. The first kappa shape index (κ1) is 13.9. The first-order valence-corrected chi connectivity index (χ1v) is 6.77. The lowest BCUT2D eigenvalue weighted by atomic mass is 10.1. The number of pyridine rings is 1. The molecule has 3 rings (SSSR count). The summed E-state index contributed by atoms with van der Waals surface area (Å²) in [5.74, 6) is -0.194. The molecule has 0 bridgehead atoms. The van der Waals surface area contributed by atoms with E-state index >= 15 is 0 Å². The van der Waals surface area contributed by atoms with Gasteiger partial charge < -0.3 is 13.6 Å². The number of hydrogen-bond acceptors (Lipinski definition) is 5. The number of carbonyl (C=O) groups excluding carboxylic acids is 1. The van der Waals surface area contributed by atoms with Crippen LogP contribution in [0.1, 0.15) is 16.1 Å². The van der Waals surface area contributed by atoms with E-state index in [2.05, 4.69) is 11.1 Å². The first-order chi connectivity index (χ1) is 10.8. The Morgan fingerprint density at radius 2 is 2.41 bits per heavy atom. The zero-order chi connectivity index (χ0) is 15.4. The van der Waals surface area contributed by atoms with Crippen LogP contribution in [0.3, 0.4) is 0 Å². The van der Waals surface area contributed by atoms with Gasteiger partial charge in [-0.3, -0.25) is 0 Å². The molecule has 110 valence electrons. The molecule has 0 fully saturated rings. The van der Waals surface area contributed by atoms with Crippen molar-refractivity contribution in [3.63, 3.8) is 0 Å². The number of nitrogens with zero attached hydrogens (tertiary/aromatic N) is 3. The highest BCUT2D eigenvalue weighted by molar-refractivity contribution is 5.90. The number of imidazole rings is 1. The Morgan fingerprint density at radius 1 is 1.50 bits per heavy atom. The van der Waals surface area contributed by atoms with Crippen molar-refractivity contribution in [2.24, 2.45) is 5.92 Å². The average Bonchev–Trinajstić information content (AvgIpc) is 3.21. The number of esters is 1. The predicted molar refractivity (Wildman–Crippen MR) is 77.0 cm³/mol. The van der Waals surface area contributed by atoms with Crippen molar-refractivity contribution in [3.05, 3.63) is 60.6 Å². The van der Waals surface area contributed by atoms with Crippen LogP contribution in [0.25, 0.3) is 5.52 Å². The van der Waals surface area contributed by atoms with Crippen LogP contribution in [0.2, 0.25) is 0 Å². The quantitative estimate of drug-likeness (QED) is 0.675. The summed E-state index contributed by atoms with van der Waals surface area (Å²) < 4.78 is 12.2. The number of rotatable bonds is 5. The van der Waals surface area contributed by atoms with Gasteiger partial charge in [-0.15, -0.1) is 0 Å². The number of carbonyl (C=O) groups is 1. The molecule has 6 nitrogen and oxygen atoms in total. The number of aromatic nitrogens is 2. The first-order valence-electron chi connectivity index (χ1n) is 6.77. The monoisotopic (exact) mass is 295 g/mol. The van der Waals surface area contributed by atoms with Gasteiger partial charge in [0, 0.05) is 12.6 Å². The van der Waals surface area contributed by atoms with Gasteiger partial charge in [0.2, 0.25) is 0 Å². The Kier molecular flexibility index (Phi) is 3.88.